The summed E-state index contributed by atoms with van der Waals surface area (Å²) >= 11 is 7.38. The molecule has 0 spiro atoms. The van der Waals surface area contributed by atoms with Gasteiger partial charge >= 0.3 is 0 Å². The lowest BCUT2D eigenvalue weighted by molar-refractivity contribution is 0.528. The van der Waals surface area contributed by atoms with Crippen LogP contribution in [-0.2, 0) is 6.42 Å². The Balaban J connectivity index is 2.26. The minimum Gasteiger partial charge on any atom is -0.271 e. The Morgan fingerprint density at radius 3 is 2.83 bits per heavy atom. The van der Waals surface area contributed by atoms with Gasteiger partial charge in [0.1, 0.15) is 5.82 Å². The fourth-order valence-corrected chi connectivity index (χ4v) is 3.01. The molecule has 96 valence electrons. The predicted molar refractivity (Wildman–Crippen MR) is 74.2 cm³/mol. The Morgan fingerprint density at radius 1 is 1.44 bits per heavy atom. The molecule has 0 saturated carbocycles. The molecule has 1 atom stereocenters. The van der Waals surface area contributed by atoms with Crippen LogP contribution in [0.5, 0.6) is 0 Å². The third kappa shape index (κ3) is 2.72. The van der Waals surface area contributed by atoms with Gasteiger partial charge in [-0.05, 0) is 46.9 Å². The smallest absolute Gasteiger partial charge is 0.145 e. The molecule has 0 amide bonds. The van der Waals surface area contributed by atoms with E-state index in [4.69, 9.17) is 17.4 Å². The molecule has 1 heterocycles. The number of hydrogen-bond acceptors (Lipinski definition) is 3. The van der Waals surface area contributed by atoms with Crippen molar-refractivity contribution in [3.8, 4) is 0 Å². The molecule has 0 saturated heterocycles. The summed E-state index contributed by atoms with van der Waals surface area (Å²) in [5.41, 5.74) is 5.56. The van der Waals surface area contributed by atoms with E-state index < -0.39 is 0 Å². The number of benzene rings is 1. The fourth-order valence-electron chi connectivity index (χ4n) is 1.91. The van der Waals surface area contributed by atoms with Crippen LogP contribution in [0.25, 0.3) is 0 Å². The summed E-state index contributed by atoms with van der Waals surface area (Å²) in [6.07, 6.45) is 0.473. The molecule has 5 heteroatoms. The largest absolute Gasteiger partial charge is 0.271 e. The zero-order valence-corrected chi connectivity index (χ0v) is 11.5. The number of aryl methyl sites for hydroxylation is 1. The predicted octanol–water partition coefficient (Wildman–Crippen LogP) is 3.60. The third-order valence-corrected chi connectivity index (χ3v) is 4.10. The van der Waals surface area contributed by atoms with Crippen molar-refractivity contribution in [1.82, 2.24) is 5.43 Å². The van der Waals surface area contributed by atoms with E-state index in [1.165, 1.54) is 0 Å². The van der Waals surface area contributed by atoms with Crippen LogP contribution in [0.3, 0.4) is 0 Å². The van der Waals surface area contributed by atoms with E-state index in [9.17, 15) is 4.39 Å². The number of thiophene rings is 1. The van der Waals surface area contributed by atoms with Crippen molar-refractivity contribution in [2.24, 2.45) is 5.84 Å². The highest BCUT2D eigenvalue weighted by molar-refractivity contribution is 7.08. The highest BCUT2D eigenvalue weighted by Crippen LogP contribution is 2.27. The molecule has 3 N–H and O–H groups in total. The first-order valence-electron chi connectivity index (χ1n) is 5.55. The van der Waals surface area contributed by atoms with Crippen molar-refractivity contribution in [2.45, 2.75) is 19.4 Å². The van der Waals surface area contributed by atoms with Gasteiger partial charge in [-0.15, -0.1) is 0 Å². The lowest BCUT2D eigenvalue weighted by Crippen LogP contribution is -2.30. The van der Waals surface area contributed by atoms with Crippen LogP contribution in [0.4, 0.5) is 4.39 Å². The van der Waals surface area contributed by atoms with E-state index in [0.717, 1.165) is 11.1 Å². The molecule has 1 aromatic carbocycles. The number of hydrazine groups is 1. The highest BCUT2D eigenvalue weighted by Gasteiger charge is 2.16. The lowest BCUT2D eigenvalue weighted by Gasteiger charge is -2.16. The first-order valence-corrected chi connectivity index (χ1v) is 6.87. The summed E-state index contributed by atoms with van der Waals surface area (Å²) in [5.74, 6) is 5.20. The number of halogens is 2. The molecule has 1 aromatic heterocycles. The van der Waals surface area contributed by atoms with Gasteiger partial charge in [-0.3, -0.25) is 11.3 Å². The SMILES string of the molecule is Cc1cscc1C(Cc1cccc(Cl)c1F)NN. The van der Waals surface area contributed by atoms with E-state index in [0.29, 0.717) is 12.0 Å². The van der Waals surface area contributed by atoms with Crippen molar-refractivity contribution < 1.29 is 4.39 Å². The van der Waals surface area contributed by atoms with Crippen molar-refractivity contribution >= 4 is 22.9 Å². The number of nitrogens with two attached hydrogens (primary N) is 1. The summed E-state index contributed by atoms with van der Waals surface area (Å²) in [5, 5.41) is 4.22. The molecule has 0 aliphatic carbocycles. The summed E-state index contributed by atoms with van der Waals surface area (Å²) in [7, 11) is 0. The Hall–Kier alpha value is -0.940. The monoisotopic (exact) mass is 284 g/mol. The van der Waals surface area contributed by atoms with Gasteiger partial charge in [-0.25, -0.2) is 4.39 Å². The van der Waals surface area contributed by atoms with Crippen LogP contribution in [-0.4, -0.2) is 0 Å². The second-order valence-corrected chi connectivity index (χ2v) is 5.30. The van der Waals surface area contributed by atoms with Gasteiger partial charge in [0, 0.05) is 0 Å². The molecule has 2 aromatic rings. The van der Waals surface area contributed by atoms with E-state index in [1.54, 1.807) is 29.5 Å². The van der Waals surface area contributed by atoms with Gasteiger partial charge in [0.2, 0.25) is 0 Å². The van der Waals surface area contributed by atoms with Gasteiger partial charge in [-0.2, -0.15) is 11.3 Å². The highest BCUT2D eigenvalue weighted by atomic mass is 35.5. The molecule has 1 unspecified atom stereocenters. The first-order chi connectivity index (χ1) is 8.63. The molecule has 0 fully saturated rings. The molecule has 0 bridgehead atoms. The van der Waals surface area contributed by atoms with Crippen molar-refractivity contribution in [3.63, 3.8) is 0 Å². The molecule has 18 heavy (non-hydrogen) atoms. The van der Waals surface area contributed by atoms with Gasteiger partial charge in [0.05, 0.1) is 11.1 Å². The summed E-state index contributed by atoms with van der Waals surface area (Å²) in [4.78, 5) is 0. The maximum Gasteiger partial charge on any atom is 0.145 e. The standard InChI is InChI=1S/C13H14ClFN2S/c1-8-6-18-7-10(8)12(17-16)5-9-3-2-4-11(14)13(9)15/h2-4,6-7,12,17H,5,16H2,1H3. The molecule has 2 nitrogen and oxygen atoms in total. The fraction of sp³-hybridized carbons (Fsp3) is 0.231. The molecular weight excluding hydrogens is 271 g/mol. The van der Waals surface area contributed by atoms with Crippen LogP contribution < -0.4 is 11.3 Å². The zero-order chi connectivity index (χ0) is 13.1. The first kappa shape index (κ1) is 13.5. The molecule has 0 radical (unpaired) electrons. The zero-order valence-electron chi connectivity index (χ0n) is 9.91. The van der Waals surface area contributed by atoms with Gasteiger partial charge in [0.25, 0.3) is 0 Å². The topological polar surface area (TPSA) is 38.0 Å². The quantitative estimate of drug-likeness (QED) is 0.665. The molecule has 0 aliphatic heterocycles. The maximum absolute atomic E-state index is 13.8. The van der Waals surface area contributed by atoms with Crippen LogP contribution in [0, 0.1) is 12.7 Å². The number of rotatable bonds is 4. The minimum absolute atomic E-state index is 0.107. The Bertz CT molecular complexity index is 542. The lowest BCUT2D eigenvalue weighted by atomic mass is 9.99. The third-order valence-electron chi connectivity index (χ3n) is 2.93. The summed E-state index contributed by atoms with van der Waals surface area (Å²) in [6.45, 7) is 2.02. The minimum atomic E-state index is -0.368. The Kier molecular flexibility index (Phi) is 4.35. The van der Waals surface area contributed by atoms with Crippen LogP contribution >= 0.6 is 22.9 Å². The molecule has 0 aliphatic rings. The molecular formula is C13H14ClFN2S. The van der Waals surface area contributed by atoms with Crippen molar-refractivity contribution in [3.05, 3.63) is 56.5 Å². The van der Waals surface area contributed by atoms with Crippen LogP contribution in [0.2, 0.25) is 5.02 Å². The average Bonchev–Trinajstić information content (AvgIpc) is 2.77. The van der Waals surface area contributed by atoms with E-state index in [2.05, 4.69) is 5.43 Å². The van der Waals surface area contributed by atoms with Crippen LogP contribution in [0.1, 0.15) is 22.7 Å². The Morgan fingerprint density at radius 2 is 2.22 bits per heavy atom. The Labute approximate surface area is 115 Å². The summed E-state index contributed by atoms with van der Waals surface area (Å²) in [6, 6.07) is 4.91. The van der Waals surface area contributed by atoms with Crippen molar-refractivity contribution in [1.29, 1.82) is 0 Å². The summed E-state index contributed by atoms with van der Waals surface area (Å²) < 4.78 is 13.8. The van der Waals surface area contributed by atoms with Crippen molar-refractivity contribution in [2.75, 3.05) is 0 Å². The van der Waals surface area contributed by atoms with Gasteiger partial charge in [-0.1, -0.05) is 23.7 Å². The van der Waals surface area contributed by atoms with E-state index >= 15 is 0 Å². The normalized spacial score (nSPS) is 12.7. The second kappa shape index (κ2) is 5.80. The van der Waals surface area contributed by atoms with Gasteiger partial charge in [0.15, 0.2) is 0 Å². The van der Waals surface area contributed by atoms with E-state index in [1.807, 2.05) is 17.7 Å². The second-order valence-electron chi connectivity index (χ2n) is 4.15. The maximum atomic E-state index is 13.8. The number of nitrogens with one attached hydrogen (secondary N) is 1. The molecule has 2 rings (SSSR count). The van der Waals surface area contributed by atoms with Crippen LogP contribution in [0.15, 0.2) is 29.0 Å². The van der Waals surface area contributed by atoms with E-state index in [-0.39, 0.29) is 16.9 Å². The van der Waals surface area contributed by atoms with Gasteiger partial charge < -0.3 is 0 Å². The number of hydrogen-bond donors (Lipinski definition) is 2. The average molecular weight is 285 g/mol.